The fourth-order valence-electron chi connectivity index (χ4n) is 3.81. The molecule has 3 rings (SSSR count). The Kier molecular flexibility index (Phi) is 8.10. The smallest absolute Gasteiger partial charge is 0.348 e. The number of aromatic hydroxyl groups is 2. The minimum atomic E-state index is -2.19. The van der Waals surface area contributed by atoms with Gasteiger partial charge in [-0.3, -0.25) is 4.79 Å². The van der Waals surface area contributed by atoms with Gasteiger partial charge in [0.1, 0.15) is 12.2 Å². The number of hydrogen-bond acceptors (Lipinski definition) is 9. The molecular formula is C25H26O10. The summed E-state index contributed by atoms with van der Waals surface area (Å²) in [6.07, 6.45) is -3.38. The van der Waals surface area contributed by atoms with Crippen LogP contribution in [0.2, 0.25) is 0 Å². The molecule has 0 bridgehead atoms. The third kappa shape index (κ3) is 6.58. The van der Waals surface area contributed by atoms with Crippen molar-refractivity contribution in [3.05, 3.63) is 65.7 Å². The predicted octanol–water partition coefficient (Wildman–Crippen LogP) is 1.54. The predicted molar refractivity (Wildman–Crippen MR) is 121 cm³/mol. The van der Waals surface area contributed by atoms with Crippen LogP contribution in [0.5, 0.6) is 11.5 Å². The van der Waals surface area contributed by atoms with Crippen molar-refractivity contribution in [3.8, 4) is 11.5 Å². The van der Waals surface area contributed by atoms with E-state index in [2.05, 4.69) is 0 Å². The first-order chi connectivity index (χ1) is 16.6. The van der Waals surface area contributed by atoms with Crippen molar-refractivity contribution in [1.82, 2.24) is 0 Å². The molecule has 1 saturated carbocycles. The van der Waals surface area contributed by atoms with Crippen molar-refractivity contribution < 1.29 is 49.4 Å². The molecule has 0 amide bonds. The summed E-state index contributed by atoms with van der Waals surface area (Å²) in [6, 6.07) is 12.9. The lowest BCUT2D eigenvalue weighted by atomic mass is 9.79. The Balaban J connectivity index is 1.68. The Morgan fingerprint density at radius 2 is 1.71 bits per heavy atom. The Hall–Kier alpha value is -3.89. The molecule has 1 aliphatic carbocycles. The maximum atomic E-state index is 12.4. The van der Waals surface area contributed by atoms with Crippen LogP contribution in [0.25, 0.3) is 6.08 Å². The molecule has 186 valence electrons. The highest BCUT2D eigenvalue weighted by molar-refractivity contribution is 5.87. The van der Waals surface area contributed by atoms with Gasteiger partial charge in [-0.1, -0.05) is 36.4 Å². The van der Waals surface area contributed by atoms with Crippen LogP contribution in [0, 0.1) is 0 Å². The van der Waals surface area contributed by atoms with Crippen LogP contribution in [-0.4, -0.2) is 67.4 Å². The Morgan fingerprint density at radius 3 is 2.37 bits per heavy atom. The van der Waals surface area contributed by atoms with Gasteiger partial charge in [0.15, 0.2) is 11.5 Å². The molecule has 0 aliphatic heterocycles. The molecule has 10 heteroatoms. The average Bonchev–Trinajstić information content (AvgIpc) is 2.82. The van der Waals surface area contributed by atoms with Gasteiger partial charge in [0.25, 0.3) is 0 Å². The number of aryl methyl sites for hydroxylation is 1. The minimum absolute atomic E-state index is 0.107. The van der Waals surface area contributed by atoms with E-state index < -0.39 is 60.4 Å². The number of aliphatic carboxylic acids is 1. The van der Waals surface area contributed by atoms with Crippen LogP contribution in [-0.2, 0) is 30.3 Å². The molecule has 1 fully saturated rings. The standard InChI is InChI=1S/C25H26O10/c26-17-9-6-16(12-18(17)27)8-10-21(29)34-20-14-25(24(32)33,13-19(28)23(20)31)35-22(30)11-7-15-4-2-1-3-5-15/h1-6,8-10,12,19-20,23,26-28,31H,7,11,13-14H2,(H,32,33)/b10-8+/t19-,20-,23-,25+/m1/s1. The molecule has 10 nitrogen and oxygen atoms in total. The molecule has 0 radical (unpaired) electrons. The highest BCUT2D eigenvalue weighted by atomic mass is 16.6. The van der Waals surface area contributed by atoms with Gasteiger partial charge in [0.2, 0.25) is 5.60 Å². The normalized spacial score (nSPS) is 24.1. The summed E-state index contributed by atoms with van der Waals surface area (Å²) in [5.74, 6) is -4.05. The van der Waals surface area contributed by atoms with Crippen molar-refractivity contribution in [2.24, 2.45) is 0 Å². The molecule has 35 heavy (non-hydrogen) atoms. The van der Waals surface area contributed by atoms with E-state index in [-0.39, 0.29) is 12.2 Å². The fraction of sp³-hybridized carbons (Fsp3) is 0.320. The first kappa shape index (κ1) is 25.7. The van der Waals surface area contributed by atoms with Crippen molar-refractivity contribution in [3.63, 3.8) is 0 Å². The van der Waals surface area contributed by atoms with Crippen molar-refractivity contribution in [2.75, 3.05) is 0 Å². The molecule has 2 aromatic carbocycles. The highest BCUT2D eigenvalue weighted by Gasteiger charge is 2.54. The third-order valence-corrected chi connectivity index (χ3v) is 5.68. The van der Waals surface area contributed by atoms with Crippen LogP contribution in [0.3, 0.4) is 0 Å². The summed E-state index contributed by atoms with van der Waals surface area (Å²) in [5, 5.41) is 49.2. The largest absolute Gasteiger partial charge is 0.504 e. The van der Waals surface area contributed by atoms with E-state index in [9.17, 15) is 39.9 Å². The zero-order valence-corrected chi connectivity index (χ0v) is 18.6. The summed E-state index contributed by atoms with van der Waals surface area (Å²) in [4.78, 5) is 36.8. The average molecular weight is 486 g/mol. The number of phenolic OH excluding ortho intramolecular Hbond substituents is 2. The van der Waals surface area contributed by atoms with Crippen LogP contribution >= 0.6 is 0 Å². The van der Waals surface area contributed by atoms with Gasteiger partial charge in [-0.05, 0) is 35.8 Å². The number of hydrogen-bond donors (Lipinski definition) is 5. The number of ether oxygens (including phenoxy) is 2. The van der Waals surface area contributed by atoms with Crippen LogP contribution in [0.4, 0.5) is 0 Å². The van der Waals surface area contributed by atoms with E-state index in [1.54, 1.807) is 12.1 Å². The SMILES string of the molecule is O=C(/C=C/c1ccc(O)c(O)c1)O[C@@H]1C[C@](OC(=O)CCc2ccccc2)(C(=O)O)C[C@@H](O)[C@H]1O. The minimum Gasteiger partial charge on any atom is -0.504 e. The van der Waals surface area contributed by atoms with E-state index >= 15 is 0 Å². The topological polar surface area (TPSA) is 171 Å². The molecule has 5 N–H and O–H groups in total. The summed E-state index contributed by atoms with van der Waals surface area (Å²) in [5.41, 5.74) is -0.980. The Morgan fingerprint density at radius 1 is 1.00 bits per heavy atom. The third-order valence-electron chi connectivity index (χ3n) is 5.68. The Labute approximate surface area is 200 Å². The fourth-order valence-corrected chi connectivity index (χ4v) is 3.81. The molecule has 0 unspecified atom stereocenters. The second-order valence-electron chi connectivity index (χ2n) is 8.28. The number of aliphatic hydroxyl groups excluding tert-OH is 2. The molecule has 2 aromatic rings. The number of carbonyl (C=O) groups excluding carboxylic acids is 2. The summed E-state index contributed by atoms with van der Waals surface area (Å²) in [7, 11) is 0. The molecule has 0 aromatic heterocycles. The summed E-state index contributed by atoms with van der Waals surface area (Å²) < 4.78 is 10.4. The quantitative estimate of drug-likeness (QED) is 0.209. The number of rotatable bonds is 8. The second kappa shape index (κ2) is 11.0. The van der Waals surface area contributed by atoms with Crippen LogP contribution in [0.15, 0.2) is 54.6 Å². The number of phenols is 2. The zero-order chi connectivity index (χ0) is 25.6. The van der Waals surface area contributed by atoms with E-state index in [1.165, 1.54) is 24.3 Å². The van der Waals surface area contributed by atoms with Gasteiger partial charge in [0.05, 0.1) is 6.10 Å². The van der Waals surface area contributed by atoms with Crippen molar-refractivity contribution in [2.45, 2.75) is 49.6 Å². The maximum absolute atomic E-state index is 12.4. The van der Waals surface area contributed by atoms with Gasteiger partial charge < -0.3 is 35.0 Å². The molecule has 1 aliphatic rings. The lowest BCUT2D eigenvalue weighted by Gasteiger charge is -2.41. The summed E-state index contributed by atoms with van der Waals surface area (Å²) >= 11 is 0. The van der Waals surface area contributed by atoms with Crippen molar-refractivity contribution in [1.29, 1.82) is 0 Å². The first-order valence-corrected chi connectivity index (χ1v) is 10.9. The lowest BCUT2D eigenvalue weighted by molar-refractivity contribution is -0.209. The highest BCUT2D eigenvalue weighted by Crippen LogP contribution is 2.35. The molecule has 0 saturated heterocycles. The maximum Gasteiger partial charge on any atom is 0.348 e. The zero-order valence-electron chi connectivity index (χ0n) is 18.6. The molecular weight excluding hydrogens is 460 g/mol. The van der Waals surface area contributed by atoms with E-state index in [1.807, 2.05) is 18.2 Å². The molecule has 4 atom stereocenters. The molecule has 0 heterocycles. The van der Waals surface area contributed by atoms with Gasteiger partial charge in [-0.2, -0.15) is 0 Å². The van der Waals surface area contributed by atoms with Crippen molar-refractivity contribution >= 4 is 24.0 Å². The number of carboxylic acids is 1. The monoisotopic (exact) mass is 486 g/mol. The van der Waals surface area contributed by atoms with Crippen LogP contribution < -0.4 is 0 Å². The van der Waals surface area contributed by atoms with E-state index in [0.29, 0.717) is 12.0 Å². The van der Waals surface area contributed by atoms with Gasteiger partial charge in [-0.25, -0.2) is 9.59 Å². The number of carbonyl (C=O) groups is 3. The van der Waals surface area contributed by atoms with E-state index in [4.69, 9.17) is 9.47 Å². The summed E-state index contributed by atoms with van der Waals surface area (Å²) in [6.45, 7) is 0. The number of carboxylic acid groups (broad SMARTS) is 1. The Bertz CT molecular complexity index is 1100. The van der Waals surface area contributed by atoms with Gasteiger partial charge >= 0.3 is 17.9 Å². The van der Waals surface area contributed by atoms with Crippen LogP contribution in [0.1, 0.15) is 30.4 Å². The number of benzene rings is 2. The number of esters is 2. The first-order valence-electron chi connectivity index (χ1n) is 10.9. The van der Waals surface area contributed by atoms with Gasteiger partial charge in [0, 0.05) is 25.3 Å². The van der Waals surface area contributed by atoms with E-state index in [0.717, 1.165) is 11.6 Å². The second-order valence-corrected chi connectivity index (χ2v) is 8.28. The number of aliphatic hydroxyl groups is 2. The lowest BCUT2D eigenvalue weighted by Crippen LogP contribution is -2.58. The van der Waals surface area contributed by atoms with Gasteiger partial charge in [-0.15, -0.1) is 0 Å². The molecule has 0 spiro atoms.